The molecule has 0 amide bonds. The van der Waals surface area contributed by atoms with Crippen molar-refractivity contribution < 1.29 is 5.11 Å². The normalized spacial score (nSPS) is 34.0. The third-order valence-corrected chi connectivity index (χ3v) is 7.23. The maximum Gasteiger partial charge on any atom is 0.0625 e. The van der Waals surface area contributed by atoms with Gasteiger partial charge in [-0.15, -0.1) is 0 Å². The molecule has 4 rings (SSSR count). The Labute approximate surface area is 151 Å². The van der Waals surface area contributed by atoms with Crippen LogP contribution in [0.2, 0.25) is 0 Å². The van der Waals surface area contributed by atoms with Gasteiger partial charge in [-0.2, -0.15) is 0 Å². The molecule has 2 fully saturated rings. The molecule has 0 radical (unpaired) electrons. The lowest BCUT2D eigenvalue weighted by molar-refractivity contribution is -0.0332. The Bertz CT molecular complexity index is 711. The van der Waals surface area contributed by atoms with Crippen molar-refractivity contribution in [3.05, 3.63) is 66.2 Å². The molecule has 2 N–H and O–H groups in total. The van der Waals surface area contributed by atoms with Gasteiger partial charge in [0.2, 0.25) is 0 Å². The number of nitrogens with one attached hydrogen (secondary N) is 1. The van der Waals surface area contributed by atoms with Crippen molar-refractivity contribution in [2.24, 2.45) is 29.1 Å². The lowest BCUT2D eigenvalue weighted by Gasteiger charge is -2.46. The van der Waals surface area contributed by atoms with Gasteiger partial charge in [0.25, 0.3) is 0 Å². The zero-order valence-electron chi connectivity index (χ0n) is 15.4. The molecule has 2 aromatic rings. The van der Waals surface area contributed by atoms with Crippen LogP contribution in [0.15, 0.2) is 60.7 Å². The first-order valence-corrected chi connectivity index (χ1v) is 9.54. The molecule has 2 bridgehead atoms. The molecule has 0 unspecified atom stereocenters. The minimum absolute atomic E-state index is 0.139. The molecule has 2 nitrogen and oxygen atoms in total. The summed E-state index contributed by atoms with van der Waals surface area (Å²) in [5.74, 6) is 1.80. The van der Waals surface area contributed by atoms with E-state index in [-0.39, 0.29) is 23.5 Å². The average Bonchev–Trinajstić information content (AvgIpc) is 3.08. The molecule has 25 heavy (non-hydrogen) atoms. The van der Waals surface area contributed by atoms with Gasteiger partial charge in [-0.1, -0.05) is 69.3 Å². The summed E-state index contributed by atoms with van der Waals surface area (Å²) in [7, 11) is 0. The van der Waals surface area contributed by atoms with Gasteiger partial charge in [-0.3, -0.25) is 0 Å². The summed E-state index contributed by atoms with van der Waals surface area (Å²) >= 11 is 0. The van der Waals surface area contributed by atoms with Crippen molar-refractivity contribution in [2.45, 2.75) is 39.3 Å². The second kappa shape index (κ2) is 6.17. The van der Waals surface area contributed by atoms with E-state index in [1.807, 2.05) is 6.07 Å². The Morgan fingerprint density at radius 3 is 2.20 bits per heavy atom. The quantitative estimate of drug-likeness (QED) is 0.812. The lowest BCUT2D eigenvalue weighted by atomic mass is 9.62. The molecule has 0 aromatic heterocycles. The fourth-order valence-electron chi connectivity index (χ4n) is 5.51. The minimum atomic E-state index is -0.227. The van der Waals surface area contributed by atoms with Crippen LogP contribution in [0.5, 0.6) is 0 Å². The third kappa shape index (κ3) is 2.67. The molecule has 132 valence electrons. The van der Waals surface area contributed by atoms with E-state index >= 15 is 0 Å². The maximum absolute atomic E-state index is 11.2. The highest BCUT2D eigenvalue weighted by Gasteiger charge is 2.61. The minimum Gasteiger partial charge on any atom is -0.392 e. The SMILES string of the molecule is C[C@@H]1[C@H]2C[C@@H]([C@H]([C@H](Nc3ccccc3)c3ccccc3)[C@H]2O)C1(C)C. The van der Waals surface area contributed by atoms with E-state index in [2.05, 4.69) is 80.7 Å². The highest BCUT2D eigenvalue weighted by atomic mass is 16.3. The predicted molar refractivity (Wildman–Crippen MR) is 103 cm³/mol. The van der Waals surface area contributed by atoms with Crippen LogP contribution in [0.1, 0.15) is 38.8 Å². The number of hydrogen-bond acceptors (Lipinski definition) is 2. The van der Waals surface area contributed by atoms with E-state index < -0.39 is 0 Å². The molecule has 2 aliphatic rings. The van der Waals surface area contributed by atoms with Gasteiger partial charge in [0.1, 0.15) is 0 Å². The Balaban J connectivity index is 1.71. The molecule has 2 saturated carbocycles. The first kappa shape index (κ1) is 16.7. The van der Waals surface area contributed by atoms with Gasteiger partial charge < -0.3 is 10.4 Å². The Hall–Kier alpha value is -1.80. The van der Waals surface area contributed by atoms with E-state index in [1.54, 1.807) is 0 Å². The van der Waals surface area contributed by atoms with Crippen LogP contribution in [0.4, 0.5) is 5.69 Å². The summed E-state index contributed by atoms with van der Waals surface area (Å²) in [6, 6.07) is 21.2. The second-order valence-corrected chi connectivity index (χ2v) is 8.58. The number of aliphatic hydroxyl groups is 1. The molecule has 6 atom stereocenters. The van der Waals surface area contributed by atoms with E-state index in [0.717, 1.165) is 12.1 Å². The molecule has 2 aromatic carbocycles. The van der Waals surface area contributed by atoms with Crippen molar-refractivity contribution in [3.8, 4) is 0 Å². The highest BCUT2D eigenvalue weighted by Crippen LogP contribution is 2.64. The lowest BCUT2D eigenvalue weighted by Crippen LogP contribution is -2.46. The van der Waals surface area contributed by atoms with Gasteiger partial charge in [-0.25, -0.2) is 0 Å². The van der Waals surface area contributed by atoms with E-state index in [9.17, 15) is 5.11 Å². The molecule has 0 aliphatic heterocycles. The first-order chi connectivity index (χ1) is 12.0. The van der Waals surface area contributed by atoms with Gasteiger partial charge in [0.05, 0.1) is 12.1 Å². The summed E-state index contributed by atoms with van der Waals surface area (Å²) in [4.78, 5) is 0. The van der Waals surface area contributed by atoms with Crippen LogP contribution >= 0.6 is 0 Å². The van der Waals surface area contributed by atoms with Crippen molar-refractivity contribution in [1.82, 2.24) is 0 Å². The maximum atomic E-state index is 11.2. The molecule has 2 heteroatoms. The van der Waals surface area contributed by atoms with Crippen molar-refractivity contribution in [3.63, 3.8) is 0 Å². The average molecular weight is 335 g/mol. The standard InChI is InChI=1S/C23H29NO/c1-15-18-14-19(23(15,2)3)20(22(18)25)21(16-10-6-4-7-11-16)24-17-12-8-5-9-13-17/h4-13,15,18-22,24-25H,14H2,1-3H3/t15-,18-,19+,20-,21-,22+/m1/s1. The topological polar surface area (TPSA) is 32.3 Å². The summed E-state index contributed by atoms with van der Waals surface area (Å²) < 4.78 is 0. The number of hydrogen-bond donors (Lipinski definition) is 2. The number of benzene rings is 2. The van der Waals surface area contributed by atoms with Gasteiger partial charge >= 0.3 is 0 Å². The summed E-state index contributed by atoms with van der Waals surface area (Å²) in [5.41, 5.74) is 2.67. The molecule has 0 saturated heterocycles. The molecule has 2 aliphatic carbocycles. The Morgan fingerprint density at radius 2 is 1.60 bits per heavy atom. The third-order valence-electron chi connectivity index (χ3n) is 7.23. The number of aliphatic hydroxyl groups excluding tert-OH is 1. The number of fused-ring (bicyclic) bond motifs is 2. The van der Waals surface area contributed by atoms with E-state index in [0.29, 0.717) is 17.8 Å². The first-order valence-electron chi connectivity index (χ1n) is 9.54. The second-order valence-electron chi connectivity index (χ2n) is 8.58. The monoisotopic (exact) mass is 335 g/mol. The van der Waals surface area contributed by atoms with Crippen molar-refractivity contribution in [1.29, 1.82) is 0 Å². The smallest absolute Gasteiger partial charge is 0.0625 e. The Morgan fingerprint density at radius 1 is 1.00 bits per heavy atom. The predicted octanol–water partition coefficient (Wildman–Crippen LogP) is 5.13. The Kier molecular flexibility index (Phi) is 4.11. The van der Waals surface area contributed by atoms with E-state index in [1.165, 1.54) is 5.56 Å². The zero-order chi connectivity index (χ0) is 17.6. The highest BCUT2D eigenvalue weighted by molar-refractivity contribution is 5.46. The molecule has 0 spiro atoms. The fraction of sp³-hybridized carbons (Fsp3) is 0.478. The van der Waals surface area contributed by atoms with Crippen molar-refractivity contribution in [2.75, 3.05) is 5.32 Å². The van der Waals surface area contributed by atoms with Crippen molar-refractivity contribution >= 4 is 5.69 Å². The number of para-hydroxylation sites is 1. The molecular weight excluding hydrogens is 306 g/mol. The van der Waals surface area contributed by atoms with Gasteiger partial charge in [0.15, 0.2) is 0 Å². The summed E-state index contributed by atoms with van der Waals surface area (Å²) in [5, 5.41) is 14.9. The van der Waals surface area contributed by atoms with Crippen LogP contribution in [0.3, 0.4) is 0 Å². The summed E-state index contributed by atoms with van der Waals surface area (Å²) in [6.45, 7) is 7.11. The molecule has 0 heterocycles. The fourth-order valence-corrected chi connectivity index (χ4v) is 5.51. The van der Waals surface area contributed by atoms with Crippen LogP contribution in [-0.4, -0.2) is 11.2 Å². The largest absolute Gasteiger partial charge is 0.392 e. The number of anilines is 1. The van der Waals surface area contributed by atoms with Crippen LogP contribution in [0.25, 0.3) is 0 Å². The summed E-state index contributed by atoms with van der Waals surface area (Å²) in [6.07, 6.45) is 0.925. The van der Waals surface area contributed by atoms with Gasteiger partial charge in [0, 0.05) is 11.6 Å². The van der Waals surface area contributed by atoms with E-state index in [4.69, 9.17) is 0 Å². The molecular formula is C23H29NO. The van der Waals surface area contributed by atoms with Crippen LogP contribution in [-0.2, 0) is 0 Å². The van der Waals surface area contributed by atoms with Crippen LogP contribution in [0, 0.1) is 29.1 Å². The van der Waals surface area contributed by atoms with Gasteiger partial charge in [-0.05, 0) is 47.3 Å². The number of rotatable bonds is 4. The zero-order valence-corrected chi connectivity index (χ0v) is 15.4. The van der Waals surface area contributed by atoms with Crippen LogP contribution < -0.4 is 5.32 Å².